The lowest BCUT2D eigenvalue weighted by Gasteiger charge is -2.05. The quantitative estimate of drug-likeness (QED) is 0.478. The van der Waals surface area contributed by atoms with Crippen molar-refractivity contribution in [3.8, 4) is 0 Å². The van der Waals surface area contributed by atoms with E-state index in [1.54, 1.807) is 12.2 Å². The molecule has 0 saturated carbocycles. The third kappa shape index (κ3) is 5.68. The van der Waals surface area contributed by atoms with Gasteiger partial charge < -0.3 is 10.5 Å². The van der Waals surface area contributed by atoms with Crippen molar-refractivity contribution < 1.29 is 9.53 Å². The van der Waals surface area contributed by atoms with Crippen molar-refractivity contribution in [3.63, 3.8) is 0 Å². The number of allylic oxidation sites excluding steroid dienone is 2. The summed E-state index contributed by atoms with van der Waals surface area (Å²) in [6.45, 7) is 0. The maximum absolute atomic E-state index is 10.8. The second-order valence-corrected chi connectivity index (χ2v) is 3.62. The number of rotatable bonds is 5. The lowest BCUT2D eigenvalue weighted by molar-refractivity contribution is -0.134. The van der Waals surface area contributed by atoms with Crippen molar-refractivity contribution in [2.24, 2.45) is 5.73 Å². The average Bonchev–Trinajstić information content (AvgIpc) is 2.35. The first-order valence-corrected chi connectivity index (χ1v) is 5.44. The molecule has 1 aromatic carbocycles. The van der Waals surface area contributed by atoms with Crippen LogP contribution < -0.4 is 5.73 Å². The molecule has 0 heterocycles. The maximum Gasteiger partial charge on any atom is 0.330 e. The van der Waals surface area contributed by atoms with Crippen LogP contribution in [0.4, 0.5) is 0 Å². The number of carbonyl (C=O) groups excluding carboxylic acids is 1. The van der Waals surface area contributed by atoms with Crippen LogP contribution in [0.15, 0.2) is 54.6 Å². The van der Waals surface area contributed by atoms with Gasteiger partial charge in [0.2, 0.25) is 0 Å². The summed E-state index contributed by atoms with van der Waals surface area (Å²) in [6, 6.07) is 9.98. The number of methoxy groups -OCH3 is 1. The van der Waals surface area contributed by atoms with Gasteiger partial charge in [0.1, 0.15) is 0 Å². The van der Waals surface area contributed by atoms with Crippen molar-refractivity contribution in [2.45, 2.75) is 12.5 Å². The number of esters is 1. The molecule has 3 heteroatoms. The van der Waals surface area contributed by atoms with Crippen LogP contribution in [-0.2, 0) is 16.0 Å². The summed E-state index contributed by atoms with van der Waals surface area (Å²) in [5, 5.41) is 0. The van der Waals surface area contributed by atoms with Gasteiger partial charge in [-0.2, -0.15) is 0 Å². The number of ether oxygens (including phenoxy) is 1. The highest BCUT2D eigenvalue weighted by atomic mass is 16.5. The highest BCUT2D eigenvalue weighted by Crippen LogP contribution is 2.02. The van der Waals surface area contributed by atoms with E-state index in [4.69, 9.17) is 5.73 Å². The highest BCUT2D eigenvalue weighted by Gasteiger charge is 1.98. The largest absolute Gasteiger partial charge is 0.466 e. The monoisotopic (exact) mass is 231 g/mol. The van der Waals surface area contributed by atoms with Crippen LogP contribution >= 0.6 is 0 Å². The van der Waals surface area contributed by atoms with E-state index in [2.05, 4.69) is 4.74 Å². The van der Waals surface area contributed by atoms with Gasteiger partial charge >= 0.3 is 5.97 Å². The molecule has 0 unspecified atom stereocenters. The SMILES string of the molecule is COC(=O)/C=C/C=C/[C@H](N)Cc1ccccc1. The summed E-state index contributed by atoms with van der Waals surface area (Å²) in [5.74, 6) is -0.369. The maximum atomic E-state index is 10.8. The molecule has 17 heavy (non-hydrogen) atoms. The zero-order valence-corrected chi connectivity index (χ0v) is 9.87. The zero-order chi connectivity index (χ0) is 12.5. The van der Waals surface area contributed by atoms with E-state index in [1.807, 2.05) is 36.4 Å². The fraction of sp³-hybridized carbons (Fsp3) is 0.214. The van der Waals surface area contributed by atoms with Gasteiger partial charge in [-0.15, -0.1) is 0 Å². The second-order valence-electron chi connectivity index (χ2n) is 3.62. The Morgan fingerprint density at radius 1 is 1.35 bits per heavy atom. The van der Waals surface area contributed by atoms with Crippen LogP contribution in [0.2, 0.25) is 0 Å². The van der Waals surface area contributed by atoms with Gasteiger partial charge in [-0.05, 0) is 12.0 Å². The van der Waals surface area contributed by atoms with Crippen LogP contribution in [0.5, 0.6) is 0 Å². The van der Waals surface area contributed by atoms with Gasteiger partial charge in [-0.1, -0.05) is 48.6 Å². The van der Waals surface area contributed by atoms with Crippen molar-refractivity contribution >= 4 is 5.97 Å². The molecule has 0 aromatic heterocycles. The molecule has 0 aliphatic heterocycles. The Balaban J connectivity index is 2.39. The fourth-order valence-corrected chi connectivity index (χ4v) is 1.36. The molecule has 90 valence electrons. The average molecular weight is 231 g/mol. The fourth-order valence-electron chi connectivity index (χ4n) is 1.36. The minimum absolute atomic E-state index is 0.0558. The molecule has 1 rings (SSSR count). The molecule has 1 aromatic rings. The standard InChI is InChI=1S/C14H17NO2/c1-17-14(16)10-6-5-9-13(15)11-12-7-3-2-4-8-12/h2-10,13H,11,15H2,1H3/b9-5+,10-6+/t13-/m0/s1. The first-order chi connectivity index (χ1) is 8.22. The third-order valence-corrected chi connectivity index (χ3v) is 2.22. The van der Waals surface area contributed by atoms with Gasteiger partial charge in [0.05, 0.1) is 7.11 Å². The summed E-state index contributed by atoms with van der Waals surface area (Å²) in [4.78, 5) is 10.8. The zero-order valence-electron chi connectivity index (χ0n) is 9.87. The topological polar surface area (TPSA) is 52.3 Å². The number of carbonyl (C=O) groups is 1. The molecule has 0 bridgehead atoms. The van der Waals surface area contributed by atoms with Crippen LogP contribution in [0.1, 0.15) is 5.56 Å². The number of benzene rings is 1. The molecule has 0 fully saturated rings. The summed E-state index contributed by atoms with van der Waals surface area (Å²) in [6.07, 6.45) is 7.36. The van der Waals surface area contributed by atoms with Crippen molar-refractivity contribution in [1.82, 2.24) is 0 Å². The van der Waals surface area contributed by atoms with Gasteiger partial charge in [-0.25, -0.2) is 4.79 Å². The predicted molar refractivity (Wildman–Crippen MR) is 68.4 cm³/mol. The summed E-state index contributed by atoms with van der Waals surface area (Å²) in [7, 11) is 1.34. The van der Waals surface area contributed by atoms with E-state index in [1.165, 1.54) is 18.7 Å². The molecule has 1 atom stereocenters. The number of hydrogen-bond acceptors (Lipinski definition) is 3. The molecule has 0 amide bonds. The normalized spacial score (nSPS) is 13.1. The number of nitrogens with two attached hydrogens (primary N) is 1. The first-order valence-electron chi connectivity index (χ1n) is 5.44. The molecule has 0 radical (unpaired) electrons. The summed E-state index contributed by atoms with van der Waals surface area (Å²) >= 11 is 0. The molecule has 3 nitrogen and oxygen atoms in total. The minimum atomic E-state index is -0.369. The molecule has 0 spiro atoms. The van der Waals surface area contributed by atoms with Crippen molar-refractivity contribution in [3.05, 3.63) is 60.2 Å². The van der Waals surface area contributed by atoms with Gasteiger partial charge in [0, 0.05) is 12.1 Å². The minimum Gasteiger partial charge on any atom is -0.466 e. The molecular formula is C14H17NO2. The Bertz CT molecular complexity index is 396. The Labute approximate surface area is 102 Å². The van der Waals surface area contributed by atoms with E-state index in [0.717, 1.165) is 6.42 Å². The Hall–Kier alpha value is -1.87. The van der Waals surface area contributed by atoms with E-state index in [9.17, 15) is 4.79 Å². The van der Waals surface area contributed by atoms with Crippen LogP contribution in [0.3, 0.4) is 0 Å². The van der Waals surface area contributed by atoms with Gasteiger partial charge in [0.15, 0.2) is 0 Å². The Morgan fingerprint density at radius 3 is 2.71 bits per heavy atom. The van der Waals surface area contributed by atoms with Gasteiger partial charge in [0.25, 0.3) is 0 Å². The summed E-state index contributed by atoms with van der Waals surface area (Å²) < 4.78 is 4.46. The Morgan fingerprint density at radius 2 is 2.06 bits per heavy atom. The predicted octanol–water partition coefficient (Wildman–Crippen LogP) is 1.84. The van der Waals surface area contributed by atoms with Crippen molar-refractivity contribution in [2.75, 3.05) is 7.11 Å². The highest BCUT2D eigenvalue weighted by molar-refractivity contribution is 5.82. The van der Waals surface area contributed by atoms with E-state index >= 15 is 0 Å². The second kappa shape index (κ2) is 7.41. The van der Waals surface area contributed by atoms with Crippen LogP contribution in [-0.4, -0.2) is 19.1 Å². The van der Waals surface area contributed by atoms with E-state index in [0.29, 0.717) is 0 Å². The van der Waals surface area contributed by atoms with E-state index < -0.39 is 0 Å². The lowest BCUT2D eigenvalue weighted by Crippen LogP contribution is -2.19. The van der Waals surface area contributed by atoms with Crippen molar-refractivity contribution in [1.29, 1.82) is 0 Å². The molecular weight excluding hydrogens is 214 g/mol. The van der Waals surface area contributed by atoms with Crippen LogP contribution in [0.25, 0.3) is 0 Å². The third-order valence-electron chi connectivity index (χ3n) is 2.22. The lowest BCUT2D eigenvalue weighted by atomic mass is 10.1. The molecule has 0 saturated heterocycles. The number of hydrogen-bond donors (Lipinski definition) is 1. The smallest absolute Gasteiger partial charge is 0.330 e. The molecule has 0 aliphatic rings. The molecule has 0 aliphatic carbocycles. The summed E-state index contributed by atoms with van der Waals surface area (Å²) in [5.41, 5.74) is 7.11. The Kier molecular flexibility index (Phi) is 5.75. The van der Waals surface area contributed by atoms with Crippen LogP contribution in [0, 0.1) is 0 Å². The molecule has 2 N–H and O–H groups in total. The van der Waals surface area contributed by atoms with Gasteiger partial charge in [-0.3, -0.25) is 0 Å². The van der Waals surface area contributed by atoms with E-state index in [-0.39, 0.29) is 12.0 Å². The first kappa shape index (κ1) is 13.2.